The minimum absolute atomic E-state index is 0.103. The molecular weight excluding hydrogens is 152 g/mol. The van der Waals surface area contributed by atoms with Crippen molar-refractivity contribution in [2.24, 2.45) is 0 Å². The molecule has 2 nitrogen and oxygen atoms in total. The molecule has 0 unspecified atom stereocenters. The molecular formula is C10H10O2. The number of carbonyl (C=O) groups is 1. The smallest absolute Gasteiger partial charge is 0.185 e. The second-order valence-corrected chi connectivity index (χ2v) is 2.57. The molecule has 0 amide bonds. The summed E-state index contributed by atoms with van der Waals surface area (Å²) in [7, 11) is 0. The lowest BCUT2D eigenvalue weighted by Gasteiger charge is -2.01. The average molecular weight is 162 g/mol. The van der Waals surface area contributed by atoms with E-state index in [4.69, 9.17) is 5.11 Å². The van der Waals surface area contributed by atoms with E-state index in [1.165, 1.54) is 12.1 Å². The first kappa shape index (κ1) is 8.53. The van der Waals surface area contributed by atoms with Gasteiger partial charge in [0, 0.05) is 5.56 Å². The number of hydrogen-bond donors (Lipinski definition) is 1. The summed E-state index contributed by atoms with van der Waals surface area (Å²) in [6, 6.07) is 4.70. The molecule has 62 valence electrons. The van der Waals surface area contributed by atoms with Gasteiger partial charge in [0.05, 0.1) is 0 Å². The fourth-order valence-electron chi connectivity index (χ4n) is 0.985. The molecule has 0 spiro atoms. The minimum atomic E-state index is -0.164. The van der Waals surface area contributed by atoms with E-state index in [0.29, 0.717) is 5.56 Å². The molecule has 0 heterocycles. The van der Waals surface area contributed by atoms with Gasteiger partial charge in [-0.1, -0.05) is 12.6 Å². The zero-order valence-electron chi connectivity index (χ0n) is 6.87. The van der Waals surface area contributed by atoms with Gasteiger partial charge in [-0.3, -0.25) is 4.79 Å². The van der Waals surface area contributed by atoms with E-state index in [2.05, 4.69) is 6.58 Å². The van der Waals surface area contributed by atoms with Gasteiger partial charge in [0.15, 0.2) is 5.78 Å². The van der Waals surface area contributed by atoms with E-state index in [1.807, 2.05) is 6.92 Å². The van der Waals surface area contributed by atoms with Gasteiger partial charge in [-0.25, -0.2) is 0 Å². The SMILES string of the molecule is C=CC(=O)c1cc(O)ccc1C. The van der Waals surface area contributed by atoms with Crippen LogP contribution in [-0.4, -0.2) is 10.9 Å². The molecule has 0 aliphatic rings. The fraction of sp³-hybridized carbons (Fsp3) is 0.100. The van der Waals surface area contributed by atoms with Gasteiger partial charge in [-0.2, -0.15) is 0 Å². The Morgan fingerprint density at radius 1 is 1.58 bits per heavy atom. The van der Waals surface area contributed by atoms with Gasteiger partial charge in [0.25, 0.3) is 0 Å². The maximum atomic E-state index is 11.2. The zero-order valence-corrected chi connectivity index (χ0v) is 6.87. The molecule has 1 N–H and O–H groups in total. The van der Waals surface area contributed by atoms with Crippen LogP contribution in [0.25, 0.3) is 0 Å². The zero-order chi connectivity index (χ0) is 9.14. The topological polar surface area (TPSA) is 37.3 Å². The molecule has 1 rings (SSSR count). The summed E-state index contributed by atoms with van der Waals surface area (Å²) in [5.41, 5.74) is 1.35. The number of aryl methyl sites for hydroxylation is 1. The third-order valence-corrected chi connectivity index (χ3v) is 1.67. The van der Waals surface area contributed by atoms with E-state index in [1.54, 1.807) is 12.1 Å². The van der Waals surface area contributed by atoms with Crippen molar-refractivity contribution >= 4 is 5.78 Å². The van der Waals surface area contributed by atoms with Gasteiger partial charge in [-0.15, -0.1) is 0 Å². The summed E-state index contributed by atoms with van der Waals surface area (Å²) in [5, 5.41) is 9.10. The Balaban J connectivity index is 3.22. The largest absolute Gasteiger partial charge is 0.508 e. The molecule has 1 aromatic rings. The third-order valence-electron chi connectivity index (χ3n) is 1.67. The van der Waals surface area contributed by atoms with Crippen molar-refractivity contribution in [3.8, 4) is 5.75 Å². The predicted molar refractivity (Wildman–Crippen MR) is 47.4 cm³/mol. The number of phenolic OH excluding ortho intramolecular Hbond substituents is 1. The Morgan fingerprint density at radius 3 is 2.83 bits per heavy atom. The first-order chi connectivity index (χ1) is 5.65. The second-order valence-electron chi connectivity index (χ2n) is 2.57. The quantitative estimate of drug-likeness (QED) is 0.534. The molecule has 0 aromatic heterocycles. The highest BCUT2D eigenvalue weighted by Gasteiger charge is 2.05. The van der Waals surface area contributed by atoms with Crippen molar-refractivity contribution in [1.82, 2.24) is 0 Å². The minimum Gasteiger partial charge on any atom is -0.508 e. The van der Waals surface area contributed by atoms with E-state index in [0.717, 1.165) is 5.56 Å². The Bertz CT molecular complexity index is 327. The second kappa shape index (κ2) is 3.22. The molecule has 0 atom stereocenters. The van der Waals surface area contributed by atoms with E-state index >= 15 is 0 Å². The number of benzene rings is 1. The number of ketones is 1. The predicted octanol–water partition coefficient (Wildman–Crippen LogP) is 2.07. The van der Waals surface area contributed by atoms with Gasteiger partial charge < -0.3 is 5.11 Å². The van der Waals surface area contributed by atoms with Crippen molar-refractivity contribution < 1.29 is 9.90 Å². The van der Waals surface area contributed by atoms with E-state index < -0.39 is 0 Å². The van der Waals surface area contributed by atoms with Gasteiger partial charge >= 0.3 is 0 Å². The van der Waals surface area contributed by atoms with Crippen LogP contribution in [-0.2, 0) is 0 Å². The molecule has 0 aliphatic carbocycles. The van der Waals surface area contributed by atoms with Crippen LogP contribution in [0.3, 0.4) is 0 Å². The van der Waals surface area contributed by atoms with Gasteiger partial charge in [-0.05, 0) is 30.7 Å². The summed E-state index contributed by atoms with van der Waals surface area (Å²) in [6.45, 7) is 5.19. The lowest BCUT2D eigenvalue weighted by atomic mass is 10.0. The molecule has 0 saturated heterocycles. The van der Waals surface area contributed by atoms with Gasteiger partial charge in [0.2, 0.25) is 0 Å². The Kier molecular flexibility index (Phi) is 2.29. The van der Waals surface area contributed by atoms with Gasteiger partial charge in [0.1, 0.15) is 5.75 Å². The van der Waals surface area contributed by atoms with Crippen LogP contribution >= 0.6 is 0 Å². The molecule has 2 heteroatoms. The lowest BCUT2D eigenvalue weighted by molar-refractivity contribution is 0.104. The number of carbonyl (C=O) groups excluding carboxylic acids is 1. The summed E-state index contributed by atoms with van der Waals surface area (Å²) < 4.78 is 0. The van der Waals surface area contributed by atoms with Crippen molar-refractivity contribution in [2.45, 2.75) is 6.92 Å². The van der Waals surface area contributed by atoms with Crippen LogP contribution in [0, 0.1) is 6.92 Å². The highest BCUT2D eigenvalue weighted by atomic mass is 16.3. The van der Waals surface area contributed by atoms with Crippen LogP contribution in [0.1, 0.15) is 15.9 Å². The van der Waals surface area contributed by atoms with E-state index in [9.17, 15) is 4.79 Å². The maximum absolute atomic E-state index is 11.2. The number of rotatable bonds is 2. The number of phenols is 1. The van der Waals surface area contributed by atoms with Crippen LogP contribution in [0.2, 0.25) is 0 Å². The molecule has 0 aliphatic heterocycles. The summed E-state index contributed by atoms with van der Waals surface area (Å²) in [4.78, 5) is 11.2. The molecule has 0 saturated carbocycles. The fourth-order valence-corrected chi connectivity index (χ4v) is 0.985. The highest BCUT2D eigenvalue weighted by Crippen LogP contribution is 2.16. The van der Waals surface area contributed by atoms with Crippen molar-refractivity contribution in [1.29, 1.82) is 0 Å². The number of allylic oxidation sites excluding steroid dienone is 1. The summed E-state index contributed by atoms with van der Waals surface area (Å²) in [6.07, 6.45) is 1.24. The standard InChI is InChI=1S/C10H10O2/c1-3-10(12)9-6-8(11)5-4-7(9)2/h3-6,11H,1H2,2H3. The summed E-state index contributed by atoms with van der Waals surface area (Å²) in [5.74, 6) is -0.0609. The van der Waals surface area contributed by atoms with Crippen LogP contribution in [0.15, 0.2) is 30.9 Å². The van der Waals surface area contributed by atoms with Crippen molar-refractivity contribution in [3.05, 3.63) is 42.0 Å². The molecule has 12 heavy (non-hydrogen) atoms. The van der Waals surface area contributed by atoms with Crippen molar-refractivity contribution in [2.75, 3.05) is 0 Å². The average Bonchev–Trinajstić information content (AvgIpc) is 2.08. The number of aromatic hydroxyl groups is 1. The van der Waals surface area contributed by atoms with E-state index in [-0.39, 0.29) is 11.5 Å². The first-order valence-corrected chi connectivity index (χ1v) is 3.61. The molecule has 0 radical (unpaired) electrons. The first-order valence-electron chi connectivity index (χ1n) is 3.61. The molecule has 0 fully saturated rings. The Hall–Kier alpha value is -1.57. The normalized spacial score (nSPS) is 9.42. The number of hydrogen-bond acceptors (Lipinski definition) is 2. The molecule has 0 bridgehead atoms. The van der Waals surface area contributed by atoms with Crippen molar-refractivity contribution in [3.63, 3.8) is 0 Å². The maximum Gasteiger partial charge on any atom is 0.185 e. The monoisotopic (exact) mass is 162 g/mol. The Labute approximate surface area is 71.2 Å². The summed E-state index contributed by atoms with van der Waals surface area (Å²) >= 11 is 0. The highest BCUT2D eigenvalue weighted by molar-refractivity contribution is 6.05. The van der Waals surface area contributed by atoms with Crippen LogP contribution in [0.5, 0.6) is 5.75 Å². The molecule has 1 aromatic carbocycles. The van der Waals surface area contributed by atoms with Crippen LogP contribution in [0.4, 0.5) is 0 Å². The third kappa shape index (κ3) is 1.53. The van der Waals surface area contributed by atoms with Crippen LogP contribution < -0.4 is 0 Å². The lowest BCUT2D eigenvalue weighted by Crippen LogP contribution is -1.96. The Morgan fingerprint density at radius 2 is 2.25 bits per heavy atom.